The van der Waals surface area contributed by atoms with Gasteiger partial charge in [-0.25, -0.2) is 13.4 Å². The maximum atomic E-state index is 12.8. The Morgan fingerprint density at radius 1 is 1.29 bits per heavy atom. The smallest absolute Gasteiger partial charge is 0.262 e. The van der Waals surface area contributed by atoms with E-state index in [2.05, 4.69) is 16.9 Å². The number of imidazole rings is 1. The van der Waals surface area contributed by atoms with E-state index in [1.165, 1.54) is 6.33 Å². The number of hydrogen-bond acceptors (Lipinski definition) is 5. The first-order valence-electron chi connectivity index (χ1n) is 7.16. The highest BCUT2D eigenvalue weighted by Gasteiger charge is 2.43. The van der Waals surface area contributed by atoms with Crippen molar-refractivity contribution < 1.29 is 13.2 Å². The molecule has 0 aromatic carbocycles. The van der Waals surface area contributed by atoms with E-state index in [1.807, 2.05) is 0 Å². The maximum Gasteiger partial charge on any atom is 0.262 e. The number of sulfonamides is 1. The third-order valence-corrected chi connectivity index (χ3v) is 6.05. The molecule has 0 N–H and O–H groups in total. The molecule has 3 rings (SSSR count). The average molecular weight is 314 g/mol. The van der Waals surface area contributed by atoms with Crippen LogP contribution in [0, 0.1) is 5.41 Å². The fraction of sp³-hybridized carbons (Fsp3) is 0.769. The van der Waals surface area contributed by atoms with Crippen molar-refractivity contribution in [1.82, 2.24) is 18.8 Å². The summed E-state index contributed by atoms with van der Waals surface area (Å²) in [5, 5.41) is 0.119. The van der Waals surface area contributed by atoms with E-state index in [0.717, 1.165) is 19.5 Å². The molecule has 118 valence electrons. The molecule has 0 aliphatic carbocycles. The van der Waals surface area contributed by atoms with E-state index in [0.29, 0.717) is 26.3 Å². The largest absolute Gasteiger partial charge is 0.379 e. The first-order valence-corrected chi connectivity index (χ1v) is 8.60. The van der Waals surface area contributed by atoms with Crippen LogP contribution in [-0.4, -0.2) is 73.6 Å². The Labute approximate surface area is 125 Å². The highest BCUT2D eigenvalue weighted by molar-refractivity contribution is 7.89. The second-order valence-electron chi connectivity index (χ2n) is 6.26. The molecular weight excluding hydrogens is 292 g/mol. The van der Waals surface area contributed by atoms with Crippen LogP contribution in [0.1, 0.15) is 6.42 Å². The molecule has 1 aromatic heterocycles. The van der Waals surface area contributed by atoms with Gasteiger partial charge in [0.1, 0.15) is 0 Å². The van der Waals surface area contributed by atoms with Crippen LogP contribution in [0.2, 0.25) is 0 Å². The molecule has 0 amide bonds. The van der Waals surface area contributed by atoms with Crippen LogP contribution in [0.15, 0.2) is 17.6 Å². The molecule has 0 saturated carbocycles. The molecule has 2 aliphatic rings. The summed E-state index contributed by atoms with van der Waals surface area (Å²) in [4.78, 5) is 6.24. The van der Waals surface area contributed by atoms with Gasteiger partial charge in [0.2, 0.25) is 0 Å². The molecule has 2 aliphatic heterocycles. The third kappa shape index (κ3) is 2.85. The van der Waals surface area contributed by atoms with Gasteiger partial charge in [-0.2, -0.15) is 4.31 Å². The summed E-state index contributed by atoms with van der Waals surface area (Å²) in [5.74, 6) is 0. The van der Waals surface area contributed by atoms with Crippen molar-refractivity contribution in [3.8, 4) is 0 Å². The first-order chi connectivity index (χ1) is 9.91. The lowest BCUT2D eigenvalue weighted by atomic mass is 9.88. The summed E-state index contributed by atoms with van der Waals surface area (Å²) < 4.78 is 34.4. The van der Waals surface area contributed by atoms with Gasteiger partial charge in [-0.3, -0.25) is 0 Å². The van der Waals surface area contributed by atoms with Crippen molar-refractivity contribution in [2.24, 2.45) is 12.5 Å². The van der Waals surface area contributed by atoms with Gasteiger partial charge in [-0.1, -0.05) is 0 Å². The molecule has 21 heavy (non-hydrogen) atoms. The summed E-state index contributed by atoms with van der Waals surface area (Å²) >= 11 is 0. The maximum absolute atomic E-state index is 12.8. The standard InChI is InChI=1S/C13H22N4O3S/c1-15-4-3-13(8-15)9-17(5-6-20-10-13)21(18,19)12-7-16(2)11-14-12/h7,11H,3-6,8-10H2,1-2H3/t13-/m0/s1. The van der Waals surface area contributed by atoms with Crippen molar-refractivity contribution in [2.75, 3.05) is 46.4 Å². The molecule has 0 unspecified atom stereocenters. The van der Waals surface area contributed by atoms with E-state index in [1.54, 1.807) is 22.1 Å². The highest BCUT2D eigenvalue weighted by atomic mass is 32.2. The van der Waals surface area contributed by atoms with Crippen molar-refractivity contribution in [3.63, 3.8) is 0 Å². The van der Waals surface area contributed by atoms with Crippen LogP contribution in [-0.2, 0) is 21.8 Å². The van der Waals surface area contributed by atoms with Gasteiger partial charge < -0.3 is 14.2 Å². The minimum absolute atomic E-state index is 0.0902. The van der Waals surface area contributed by atoms with Crippen LogP contribution in [0.5, 0.6) is 0 Å². The second kappa shape index (κ2) is 5.35. The Kier molecular flexibility index (Phi) is 3.81. The van der Waals surface area contributed by atoms with E-state index >= 15 is 0 Å². The van der Waals surface area contributed by atoms with E-state index < -0.39 is 10.0 Å². The zero-order valence-electron chi connectivity index (χ0n) is 12.5. The second-order valence-corrected chi connectivity index (χ2v) is 8.14. The Bertz CT molecular complexity index is 615. The van der Waals surface area contributed by atoms with E-state index in [-0.39, 0.29) is 10.4 Å². The number of ether oxygens (including phenoxy) is 1. The molecule has 1 atom stereocenters. The van der Waals surface area contributed by atoms with Gasteiger partial charge >= 0.3 is 0 Å². The van der Waals surface area contributed by atoms with Crippen LogP contribution in [0.3, 0.4) is 0 Å². The first kappa shape index (κ1) is 15.0. The summed E-state index contributed by atoms with van der Waals surface area (Å²) in [6.45, 7) is 3.84. The lowest BCUT2D eigenvalue weighted by molar-refractivity contribution is 0.0743. The number of nitrogens with zero attached hydrogens (tertiary/aromatic N) is 4. The molecule has 7 nitrogen and oxygen atoms in total. The normalized spacial score (nSPS) is 29.0. The lowest BCUT2D eigenvalue weighted by Crippen LogP contribution is -2.43. The highest BCUT2D eigenvalue weighted by Crippen LogP contribution is 2.34. The lowest BCUT2D eigenvalue weighted by Gasteiger charge is -2.30. The average Bonchev–Trinajstić information content (AvgIpc) is 2.93. The van der Waals surface area contributed by atoms with Gasteiger partial charge in [0.15, 0.2) is 5.03 Å². The quantitative estimate of drug-likeness (QED) is 0.754. The molecule has 1 spiro atoms. The van der Waals surface area contributed by atoms with Crippen LogP contribution in [0.25, 0.3) is 0 Å². The van der Waals surface area contributed by atoms with Gasteiger partial charge in [0.05, 0.1) is 19.5 Å². The summed E-state index contributed by atoms with van der Waals surface area (Å²) in [7, 11) is 0.293. The fourth-order valence-electron chi connectivity index (χ4n) is 3.22. The Balaban J connectivity index is 1.87. The van der Waals surface area contributed by atoms with Gasteiger partial charge in [-0.05, 0) is 20.0 Å². The molecule has 2 saturated heterocycles. The number of aryl methyl sites for hydroxylation is 1. The van der Waals surface area contributed by atoms with Crippen molar-refractivity contribution in [3.05, 3.63) is 12.5 Å². The molecule has 1 aromatic rings. The van der Waals surface area contributed by atoms with Crippen LogP contribution in [0.4, 0.5) is 0 Å². The zero-order valence-corrected chi connectivity index (χ0v) is 13.3. The van der Waals surface area contributed by atoms with Crippen molar-refractivity contribution in [1.29, 1.82) is 0 Å². The van der Waals surface area contributed by atoms with Crippen molar-refractivity contribution in [2.45, 2.75) is 11.4 Å². The minimum atomic E-state index is -3.54. The Morgan fingerprint density at radius 2 is 2.10 bits per heavy atom. The van der Waals surface area contributed by atoms with Crippen LogP contribution < -0.4 is 0 Å². The van der Waals surface area contributed by atoms with E-state index in [9.17, 15) is 8.42 Å². The third-order valence-electron chi connectivity index (χ3n) is 4.32. The molecule has 0 bridgehead atoms. The summed E-state index contributed by atoms with van der Waals surface area (Å²) in [5.41, 5.74) is -0.0902. The Hall–Kier alpha value is -0.960. The van der Waals surface area contributed by atoms with Gasteiger partial charge in [-0.15, -0.1) is 0 Å². The van der Waals surface area contributed by atoms with Gasteiger partial charge in [0, 0.05) is 38.3 Å². The summed E-state index contributed by atoms with van der Waals surface area (Å²) in [6.07, 6.45) is 4.03. The predicted molar refractivity (Wildman–Crippen MR) is 77.3 cm³/mol. The molecular formula is C13H22N4O3S. The minimum Gasteiger partial charge on any atom is -0.379 e. The number of hydrogen-bond donors (Lipinski definition) is 0. The molecule has 2 fully saturated rings. The van der Waals surface area contributed by atoms with Crippen molar-refractivity contribution >= 4 is 10.0 Å². The monoisotopic (exact) mass is 314 g/mol. The fourth-order valence-corrected chi connectivity index (χ4v) is 4.72. The van der Waals surface area contributed by atoms with E-state index in [4.69, 9.17) is 4.74 Å². The topological polar surface area (TPSA) is 67.7 Å². The molecule has 8 heteroatoms. The number of rotatable bonds is 2. The number of aromatic nitrogens is 2. The SMILES string of the molecule is CN1CC[C@]2(COCCN(S(=O)(=O)c3cn(C)cn3)C2)C1. The predicted octanol–water partition coefficient (Wildman–Crippen LogP) is -0.237. The van der Waals surface area contributed by atoms with Gasteiger partial charge in [0.25, 0.3) is 10.0 Å². The number of likely N-dealkylation sites (tertiary alicyclic amines) is 1. The molecule has 0 radical (unpaired) electrons. The van der Waals surface area contributed by atoms with Crippen LogP contribution >= 0.6 is 0 Å². The molecule has 3 heterocycles. The zero-order chi connectivity index (χ0) is 15.1. The Morgan fingerprint density at radius 3 is 2.71 bits per heavy atom. The summed E-state index contributed by atoms with van der Waals surface area (Å²) in [6, 6.07) is 0.